The van der Waals surface area contributed by atoms with E-state index in [1.807, 2.05) is 0 Å². The molecule has 0 bridgehead atoms. The minimum Gasteiger partial charge on any atom is -0.475 e. The molecule has 1 N–H and O–H groups in total. The van der Waals surface area contributed by atoms with Crippen molar-refractivity contribution in [2.45, 2.75) is 115 Å². The fourth-order valence-corrected chi connectivity index (χ4v) is 5.22. The van der Waals surface area contributed by atoms with Crippen LogP contribution in [-0.2, 0) is 76.1 Å². The molecule has 17 nitrogen and oxygen atoms in total. The lowest BCUT2D eigenvalue weighted by molar-refractivity contribution is -0.378. The highest BCUT2D eigenvalue weighted by molar-refractivity contribution is 6.36. The van der Waals surface area contributed by atoms with Gasteiger partial charge in [-0.1, -0.05) is 0 Å². The van der Waals surface area contributed by atoms with Gasteiger partial charge in [-0.15, -0.1) is 0 Å². The molecule has 17 heteroatoms. The van der Waals surface area contributed by atoms with E-state index in [0.717, 1.165) is 27.7 Å². The molecule has 3 heterocycles. The molecule has 10 atom stereocenters. The number of carboxylic acids is 1. The van der Waals surface area contributed by atoms with E-state index in [1.165, 1.54) is 14.0 Å². The maximum absolute atomic E-state index is 13.6. The Balaban J connectivity index is 2.24. The third kappa shape index (κ3) is 7.47. The molecular formula is C26H36O17. The van der Waals surface area contributed by atoms with E-state index in [9.17, 15) is 33.9 Å². The fraction of sp³-hybridized carbons (Fsp3) is 0.769. The highest BCUT2D eigenvalue weighted by Gasteiger charge is 2.69. The van der Waals surface area contributed by atoms with Gasteiger partial charge in [0.25, 0.3) is 5.79 Å². The topological polar surface area (TPSA) is 215 Å². The molecule has 0 aliphatic carbocycles. The van der Waals surface area contributed by atoms with Crippen LogP contribution >= 0.6 is 0 Å². The van der Waals surface area contributed by atoms with Crippen molar-refractivity contribution >= 4 is 35.6 Å². The van der Waals surface area contributed by atoms with Crippen LogP contribution in [0.1, 0.15) is 48.5 Å². The number of carboxylic acid groups (broad SMARTS) is 1. The number of hydrogen-bond donors (Lipinski definition) is 1. The Morgan fingerprint density at radius 2 is 1.33 bits per heavy atom. The summed E-state index contributed by atoms with van der Waals surface area (Å²) in [7, 11) is 1.36. The van der Waals surface area contributed by atoms with Gasteiger partial charge in [-0.2, -0.15) is 0 Å². The molecule has 43 heavy (non-hydrogen) atoms. The minimum atomic E-state index is -3.11. The predicted molar refractivity (Wildman–Crippen MR) is 134 cm³/mol. The van der Waals surface area contributed by atoms with Crippen LogP contribution in [0.25, 0.3) is 0 Å². The number of aliphatic carboxylic acids is 1. The summed E-state index contributed by atoms with van der Waals surface area (Å²) in [4.78, 5) is 74.3. The van der Waals surface area contributed by atoms with Crippen molar-refractivity contribution in [3.8, 4) is 0 Å². The predicted octanol–water partition coefficient (Wildman–Crippen LogP) is -0.610. The molecule has 0 aromatic carbocycles. The van der Waals surface area contributed by atoms with E-state index >= 15 is 0 Å². The molecule has 0 aromatic rings. The molecule has 3 rings (SSSR count). The number of rotatable bonds is 10. The summed E-state index contributed by atoms with van der Waals surface area (Å²) in [5.41, 5.74) is 0. The highest BCUT2D eigenvalue weighted by Crippen LogP contribution is 2.44. The summed E-state index contributed by atoms with van der Waals surface area (Å²) in [6.07, 6.45) is -12.8. The Morgan fingerprint density at radius 3 is 1.84 bits per heavy atom. The number of ketones is 1. The summed E-state index contributed by atoms with van der Waals surface area (Å²) in [6.45, 7) is 7.89. The first-order chi connectivity index (χ1) is 19.9. The standard InChI is InChI=1S/C26H36O17/c1-10-16(18-20(24(34-8)36-10)42-25(6,7)41-18)43-26(21(31)23(32)33)22(39-14(5)30)19(38-13(4)29)17(37-12(3)28)15(40-26)9-35-11(2)27/h10,15-20,22,24H,9H2,1-8H3,(H,32,33)/t10-,15+,16-,17+,18+,19-,20+,22-,24+,26-/m0/s1. The van der Waals surface area contributed by atoms with Crippen LogP contribution in [0, 0.1) is 0 Å². The lowest BCUT2D eigenvalue weighted by Crippen LogP contribution is -2.74. The van der Waals surface area contributed by atoms with Crippen molar-refractivity contribution in [3.63, 3.8) is 0 Å². The van der Waals surface area contributed by atoms with E-state index in [2.05, 4.69) is 0 Å². The van der Waals surface area contributed by atoms with Crippen LogP contribution < -0.4 is 0 Å². The number of ether oxygens (including phenoxy) is 10. The van der Waals surface area contributed by atoms with Crippen LogP contribution in [0.2, 0.25) is 0 Å². The van der Waals surface area contributed by atoms with Gasteiger partial charge in [0.2, 0.25) is 6.10 Å². The zero-order valence-corrected chi connectivity index (χ0v) is 24.9. The van der Waals surface area contributed by atoms with Gasteiger partial charge in [0.1, 0.15) is 31.0 Å². The van der Waals surface area contributed by atoms with Gasteiger partial charge < -0.3 is 52.5 Å². The number of carbonyl (C=O) groups is 6. The number of esters is 4. The van der Waals surface area contributed by atoms with E-state index in [0.29, 0.717) is 0 Å². The van der Waals surface area contributed by atoms with Crippen molar-refractivity contribution in [2.75, 3.05) is 13.7 Å². The Labute approximate surface area is 246 Å². The molecule has 3 saturated heterocycles. The number of hydrogen-bond acceptors (Lipinski definition) is 16. The van der Waals surface area contributed by atoms with Gasteiger partial charge in [-0.25, -0.2) is 4.79 Å². The summed E-state index contributed by atoms with van der Waals surface area (Å²) in [5, 5.41) is 9.95. The minimum absolute atomic E-state index is 0.739. The number of carbonyl (C=O) groups excluding carboxylic acids is 5. The molecular weight excluding hydrogens is 584 g/mol. The first kappa shape index (κ1) is 34.3. The van der Waals surface area contributed by atoms with Crippen LogP contribution in [0.15, 0.2) is 0 Å². The van der Waals surface area contributed by atoms with Crippen molar-refractivity contribution in [3.05, 3.63) is 0 Å². The second-order valence-electron chi connectivity index (χ2n) is 10.5. The van der Waals surface area contributed by atoms with Crippen molar-refractivity contribution in [2.24, 2.45) is 0 Å². The smallest absolute Gasteiger partial charge is 0.378 e. The summed E-state index contributed by atoms with van der Waals surface area (Å²) >= 11 is 0. The maximum atomic E-state index is 13.6. The van der Waals surface area contributed by atoms with Crippen LogP contribution in [0.4, 0.5) is 0 Å². The molecule has 0 radical (unpaired) electrons. The molecule has 3 fully saturated rings. The van der Waals surface area contributed by atoms with Gasteiger partial charge in [0.05, 0.1) is 6.10 Å². The molecule has 0 aromatic heterocycles. The first-order valence-corrected chi connectivity index (χ1v) is 13.2. The first-order valence-electron chi connectivity index (χ1n) is 13.2. The average Bonchev–Trinajstić information content (AvgIpc) is 3.21. The van der Waals surface area contributed by atoms with Crippen molar-refractivity contribution in [1.82, 2.24) is 0 Å². The Bertz CT molecular complexity index is 1120. The lowest BCUT2D eigenvalue weighted by Gasteiger charge is -2.51. The number of fused-ring (bicyclic) bond motifs is 1. The molecule has 0 spiro atoms. The monoisotopic (exact) mass is 620 g/mol. The third-order valence-corrected chi connectivity index (χ3v) is 6.66. The molecule has 0 amide bonds. The Morgan fingerprint density at radius 1 is 0.767 bits per heavy atom. The molecule has 3 aliphatic rings. The van der Waals surface area contributed by atoms with Crippen molar-refractivity contribution in [1.29, 1.82) is 0 Å². The molecule has 0 saturated carbocycles. The van der Waals surface area contributed by atoms with Gasteiger partial charge in [-0.05, 0) is 20.8 Å². The number of Topliss-reactive ketones (excluding diaryl/α,β-unsaturated/α-hetero) is 1. The van der Waals surface area contributed by atoms with Crippen LogP contribution in [0.3, 0.4) is 0 Å². The quantitative estimate of drug-likeness (QED) is 0.183. The zero-order valence-electron chi connectivity index (χ0n) is 24.9. The highest BCUT2D eigenvalue weighted by atomic mass is 16.8. The van der Waals surface area contributed by atoms with Crippen LogP contribution in [-0.4, -0.2) is 121 Å². The van der Waals surface area contributed by atoms with E-state index < -0.39 is 109 Å². The molecule has 3 aliphatic heterocycles. The van der Waals surface area contributed by atoms with Gasteiger partial charge in [-0.3, -0.25) is 24.0 Å². The largest absolute Gasteiger partial charge is 0.475 e. The lowest BCUT2D eigenvalue weighted by atomic mass is 9.88. The zero-order chi connectivity index (χ0) is 32.4. The second kappa shape index (κ2) is 13.2. The van der Waals surface area contributed by atoms with E-state index in [-0.39, 0.29) is 0 Å². The second-order valence-corrected chi connectivity index (χ2v) is 10.5. The average molecular weight is 621 g/mol. The van der Waals surface area contributed by atoms with E-state index in [4.69, 9.17) is 47.4 Å². The SMILES string of the molecule is CO[C@@H]1O[C@@H](C)[C@H](O[C@]2(C(=O)C(=O)O)O[C@H](COC(C)=O)[C@@H](OC(C)=O)[C@H](OC(C)=O)[C@@H]2OC(C)=O)[C@H]2OC(C)(C)O[C@@H]12. The van der Waals surface area contributed by atoms with Crippen LogP contribution in [0.5, 0.6) is 0 Å². The van der Waals surface area contributed by atoms with Gasteiger partial charge >= 0.3 is 35.6 Å². The van der Waals surface area contributed by atoms with Gasteiger partial charge in [0.15, 0.2) is 24.3 Å². The third-order valence-electron chi connectivity index (χ3n) is 6.66. The summed E-state index contributed by atoms with van der Waals surface area (Å²) in [5.74, 6) is -12.1. The number of methoxy groups -OCH3 is 1. The fourth-order valence-electron chi connectivity index (χ4n) is 5.22. The van der Waals surface area contributed by atoms with Crippen molar-refractivity contribution < 1.29 is 81.2 Å². The summed E-state index contributed by atoms with van der Waals surface area (Å²) < 4.78 is 56.4. The molecule has 242 valence electrons. The van der Waals surface area contributed by atoms with Gasteiger partial charge in [0, 0.05) is 34.8 Å². The summed E-state index contributed by atoms with van der Waals surface area (Å²) in [6, 6.07) is 0. The Hall–Kier alpha value is -3.22. The molecule has 0 unspecified atom stereocenters. The maximum Gasteiger partial charge on any atom is 0.378 e. The Kier molecular flexibility index (Phi) is 10.5. The van der Waals surface area contributed by atoms with E-state index in [1.54, 1.807) is 13.8 Å². The normalized spacial score (nSPS) is 36.5.